The van der Waals surface area contributed by atoms with E-state index in [-0.39, 0.29) is 18.2 Å². The van der Waals surface area contributed by atoms with E-state index >= 15 is 0 Å². The number of halogens is 1. The molecule has 0 heterocycles. The van der Waals surface area contributed by atoms with E-state index in [1.807, 2.05) is 0 Å². The van der Waals surface area contributed by atoms with E-state index in [9.17, 15) is 9.18 Å². The largest absolute Gasteiger partial charge is 0.481 e. The normalized spacial score (nSPS) is 16.6. The number of carboxylic acid groups (broad SMARTS) is 1. The third kappa shape index (κ3) is 3.07. The zero-order chi connectivity index (χ0) is 13.1. The summed E-state index contributed by atoms with van der Waals surface area (Å²) >= 11 is 0. The second kappa shape index (κ2) is 5.48. The number of methoxy groups -OCH3 is 1. The molecule has 1 aromatic rings. The molecule has 2 rings (SSSR count). The summed E-state index contributed by atoms with van der Waals surface area (Å²) in [6, 6.07) is 4.54. The number of ether oxygens (including phenoxy) is 1. The van der Waals surface area contributed by atoms with Crippen molar-refractivity contribution in [1.29, 1.82) is 0 Å². The van der Waals surface area contributed by atoms with Gasteiger partial charge in [0.25, 0.3) is 0 Å². The summed E-state index contributed by atoms with van der Waals surface area (Å²) < 4.78 is 18.3. The molecule has 0 radical (unpaired) electrons. The molecule has 1 aromatic carbocycles. The van der Waals surface area contributed by atoms with Gasteiger partial charge in [-0.25, -0.2) is 4.39 Å². The minimum absolute atomic E-state index is 0.0201. The Morgan fingerprint density at radius 3 is 2.83 bits per heavy atom. The van der Waals surface area contributed by atoms with Gasteiger partial charge < -0.3 is 9.84 Å². The molecule has 1 unspecified atom stereocenters. The molecule has 1 fully saturated rings. The lowest BCUT2D eigenvalue weighted by atomic mass is 9.88. The molecule has 18 heavy (non-hydrogen) atoms. The van der Waals surface area contributed by atoms with Crippen LogP contribution in [0.5, 0.6) is 0 Å². The van der Waals surface area contributed by atoms with E-state index < -0.39 is 5.97 Å². The van der Waals surface area contributed by atoms with Crippen LogP contribution in [-0.2, 0) is 16.1 Å². The molecule has 1 N–H and O–H groups in total. The standard InChI is InChI=1S/C14H17FO3/c1-18-8-10-6-11(15)4-5-12(10)13(7-14(16)17)9-2-3-9/h4-6,9,13H,2-3,7-8H2,1H3,(H,16,17). The van der Waals surface area contributed by atoms with Gasteiger partial charge in [-0.3, -0.25) is 4.79 Å². The number of aliphatic carboxylic acids is 1. The second-order valence-corrected chi connectivity index (χ2v) is 4.82. The van der Waals surface area contributed by atoms with Crippen molar-refractivity contribution in [2.75, 3.05) is 7.11 Å². The second-order valence-electron chi connectivity index (χ2n) is 4.82. The molecule has 4 heteroatoms. The highest BCUT2D eigenvalue weighted by molar-refractivity contribution is 5.68. The summed E-state index contributed by atoms with van der Waals surface area (Å²) in [6.07, 6.45) is 2.22. The van der Waals surface area contributed by atoms with Crippen LogP contribution in [0.2, 0.25) is 0 Å². The van der Waals surface area contributed by atoms with Crippen LogP contribution in [0.4, 0.5) is 4.39 Å². The number of hydrogen-bond acceptors (Lipinski definition) is 2. The third-order valence-electron chi connectivity index (χ3n) is 3.39. The molecule has 0 saturated heterocycles. The molecular weight excluding hydrogens is 235 g/mol. The van der Waals surface area contributed by atoms with Crippen LogP contribution in [0.15, 0.2) is 18.2 Å². The van der Waals surface area contributed by atoms with Gasteiger partial charge in [-0.1, -0.05) is 6.07 Å². The molecule has 1 aliphatic carbocycles. The zero-order valence-corrected chi connectivity index (χ0v) is 10.4. The number of hydrogen-bond donors (Lipinski definition) is 1. The first-order valence-electron chi connectivity index (χ1n) is 6.11. The third-order valence-corrected chi connectivity index (χ3v) is 3.39. The van der Waals surface area contributed by atoms with Crippen molar-refractivity contribution in [3.05, 3.63) is 35.1 Å². The summed E-state index contributed by atoms with van der Waals surface area (Å²) in [4.78, 5) is 10.9. The zero-order valence-electron chi connectivity index (χ0n) is 10.4. The Bertz CT molecular complexity index is 441. The number of carbonyl (C=O) groups is 1. The fraction of sp³-hybridized carbons (Fsp3) is 0.500. The van der Waals surface area contributed by atoms with Gasteiger partial charge in [0.15, 0.2) is 0 Å². The maximum absolute atomic E-state index is 13.2. The maximum Gasteiger partial charge on any atom is 0.303 e. The van der Waals surface area contributed by atoms with Crippen molar-refractivity contribution in [3.63, 3.8) is 0 Å². The first-order valence-corrected chi connectivity index (χ1v) is 6.11. The molecule has 1 aliphatic rings. The maximum atomic E-state index is 13.2. The Labute approximate surface area is 106 Å². The predicted octanol–water partition coefficient (Wildman–Crippen LogP) is 2.94. The lowest BCUT2D eigenvalue weighted by Gasteiger charge is -2.18. The fourth-order valence-electron chi connectivity index (χ4n) is 2.43. The highest BCUT2D eigenvalue weighted by atomic mass is 19.1. The Balaban J connectivity index is 2.30. The van der Waals surface area contributed by atoms with E-state index in [1.165, 1.54) is 12.1 Å². The van der Waals surface area contributed by atoms with Gasteiger partial charge >= 0.3 is 5.97 Å². The van der Waals surface area contributed by atoms with Gasteiger partial charge in [-0.2, -0.15) is 0 Å². The van der Waals surface area contributed by atoms with Crippen LogP contribution in [0.1, 0.15) is 36.3 Å². The SMILES string of the molecule is COCc1cc(F)ccc1C(CC(=O)O)C1CC1. The van der Waals surface area contributed by atoms with Crippen molar-refractivity contribution in [2.24, 2.45) is 5.92 Å². The van der Waals surface area contributed by atoms with Crippen molar-refractivity contribution < 1.29 is 19.0 Å². The fourth-order valence-corrected chi connectivity index (χ4v) is 2.43. The monoisotopic (exact) mass is 252 g/mol. The Morgan fingerprint density at radius 1 is 1.56 bits per heavy atom. The molecule has 0 amide bonds. The molecule has 1 saturated carbocycles. The van der Waals surface area contributed by atoms with Crippen molar-refractivity contribution in [2.45, 2.75) is 31.8 Å². The number of carboxylic acids is 1. The van der Waals surface area contributed by atoms with Crippen LogP contribution in [0, 0.1) is 11.7 Å². The van der Waals surface area contributed by atoms with E-state index in [0.717, 1.165) is 24.0 Å². The summed E-state index contributed by atoms with van der Waals surface area (Å²) in [5, 5.41) is 8.99. The van der Waals surface area contributed by atoms with E-state index in [0.29, 0.717) is 12.5 Å². The smallest absolute Gasteiger partial charge is 0.303 e. The van der Waals surface area contributed by atoms with Crippen molar-refractivity contribution in [3.8, 4) is 0 Å². The van der Waals surface area contributed by atoms with Crippen LogP contribution < -0.4 is 0 Å². The average molecular weight is 252 g/mol. The van der Waals surface area contributed by atoms with Gasteiger partial charge in [0, 0.05) is 7.11 Å². The summed E-state index contributed by atoms with van der Waals surface area (Å²) in [6.45, 7) is 0.315. The van der Waals surface area contributed by atoms with Crippen LogP contribution >= 0.6 is 0 Å². The molecule has 0 spiro atoms. The minimum atomic E-state index is -0.806. The number of rotatable bonds is 6. The van der Waals surface area contributed by atoms with Gasteiger partial charge in [-0.05, 0) is 47.9 Å². The Morgan fingerprint density at radius 2 is 2.28 bits per heavy atom. The van der Waals surface area contributed by atoms with E-state index in [1.54, 1.807) is 13.2 Å². The Hall–Kier alpha value is -1.42. The molecule has 3 nitrogen and oxygen atoms in total. The van der Waals surface area contributed by atoms with Crippen LogP contribution in [-0.4, -0.2) is 18.2 Å². The van der Waals surface area contributed by atoms with E-state index in [4.69, 9.17) is 9.84 Å². The topological polar surface area (TPSA) is 46.5 Å². The molecule has 98 valence electrons. The predicted molar refractivity (Wildman–Crippen MR) is 64.8 cm³/mol. The summed E-state index contributed by atoms with van der Waals surface area (Å²) in [7, 11) is 1.55. The molecule has 0 aromatic heterocycles. The van der Waals surface area contributed by atoms with Gasteiger partial charge in [0.05, 0.1) is 13.0 Å². The van der Waals surface area contributed by atoms with Gasteiger partial charge in [0.1, 0.15) is 5.82 Å². The first-order chi connectivity index (χ1) is 8.61. The van der Waals surface area contributed by atoms with Crippen LogP contribution in [0.3, 0.4) is 0 Å². The summed E-state index contributed by atoms with van der Waals surface area (Å²) in [5.41, 5.74) is 1.68. The average Bonchev–Trinajstić information content (AvgIpc) is 3.11. The highest BCUT2D eigenvalue weighted by Crippen LogP contribution is 2.45. The quantitative estimate of drug-likeness (QED) is 0.846. The van der Waals surface area contributed by atoms with Gasteiger partial charge in [0.2, 0.25) is 0 Å². The van der Waals surface area contributed by atoms with Crippen LogP contribution in [0.25, 0.3) is 0 Å². The molecular formula is C14H17FO3. The number of benzene rings is 1. The first kappa shape index (κ1) is 13.0. The molecule has 1 atom stereocenters. The molecule has 0 bridgehead atoms. The lowest BCUT2D eigenvalue weighted by Crippen LogP contribution is -2.11. The summed E-state index contributed by atoms with van der Waals surface area (Å²) in [5.74, 6) is -0.717. The lowest BCUT2D eigenvalue weighted by molar-refractivity contribution is -0.137. The van der Waals surface area contributed by atoms with Crippen molar-refractivity contribution in [1.82, 2.24) is 0 Å². The Kier molecular flexibility index (Phi) is 3.97. The van der Waals surface area contributed by atoms with E-state index in [2.05, 4.69) is 0 Å². The van der Waals surface area contributed by atoms with Crippen molar-refractivity contribution >= 4 is 5.97 Å². The minimum Gasteiger partial charge on any atom is -0.481 e. The van der Waals surface area contributed by atoms with Gasteiger partial charge in [-0.15, -0.1) is 0 Å². The highest BCUT2D eigenvalue weighted by Gasteiger charge is 2.34. The molecule has 0 aliphatic heterocycles.